The van der Waals surface area contributed by atoms with Crippen LogP contribution in [0, 0.1) is 6.92 Å². The summed E-state index contributed by atoms with van der Waals surface area (Å²) < 4.78 is 5.33. The number of fused-ring (bicyclic) bond motifs is 3. The number of aromatic nitrogens is 2. The normalized spacial score (nSPS) is 11.3. The highest BCUT2D eigenvalue weighted by Gasteiger charge is 2.14. The molecule has 0 fully saturated rings. The van der Waals surface area contributed by atoms with Crippen LogP contribution in [0.2, 0.25) is 0 Å². The van der Waals surface area contributed by atoms with Crippen molar-refractivity contribution in [2.45, 2.75) is 6.92 Å². The van der Waals surface area contributed by atoms with Crippen LogP contribution in [0.3, 0.4) is 0 Å². The third kappa shape index (κ3) is 2.51. The Morgan fingerprint density at radius 3 is 2.41 bits per heavy atom. The van der Waals surface area contributed by atoms with Crippen molar-refractivity contribution in [2.24, 2.45) is 0 Å². The second kappa shape index (κ2) is 6.06. The summed E-state index contributed by atoms with van der Waals surface area (Å²) >= 11 is 0. The fraction of sp³-hybridized carbons (Fsp3) is 0.0833. The highest BCUT2D eigenvalue weighted by Crippen LogP contribution is 2.37. The van der Waals surface area contributed by atoms with E-state index in [-0.39, 0.29) is 0 Å². The summed E-state index contributed by atoms with van der Waals surface area (Å²) in [6.07, 6.45) is 0. The lowest BCUT2D eigenvalue weighted by atomic mass is 9.95. The molecule has 0 aliphatic carbocycles. The Balaban J connectivity index is 1.96. The average Bonchev–Trinajstić information content (AvgIpc) is 2.71. The lowest BCUT2D eigenvalue weighted by molar-refractivity contribution is 0.415. The maximum Gasteiger partial charge on any atom is 0.161 e. The minimum Gasteiger partial charge on any atom is -0.497 e. The third-order valence-corrected chi connectivity index (χ3v) is 5.08. The Hall–Kier alpha value is -3.46. The van der Waals surface area contributed by atoms with Crippen molar-refractivity contribution in [3.8, 4) is 16.9 Å². The molecule has 2 heterocycles. The Morgan fingerprint density at radius 1 is 0.778 bits per heavy atom. The van der Waals surface area contributed by atoms with E-state index in [0.717, 1.165) is 49.7 Å². The van der Waals surface area contributed by atoms with E-state index in [1.807, 2.05) is 30.3 Å². The van der Waals surface area contributed by atoms with Crippen molar-refractivity contribution in [3.63, 3.8) is 0 Å². The summed E-state index contributed by atoms with van der Waals surface area (Å²) in [6, 6.07) is 24.9. The largest absolute Gasteiger partial charge is 0.497 e. The molecule has 0 saturated carbocycles. The van der Waals surface area contributed by atoms with Crippen LogP contribution in [-0.2, 0) is 0 Å². The van der Waals surface area contributed by atoms with Crippen molar-refractivity contribution in [3.05, 3.63) is 78.4 Å². The van der Waals surface area contributed by atoms with E-state index in [1.54, 1.807) is 7.11 Å². The molecule has 0 bridgehead atoms. The van der Waals surface area contributed by atoms with Crippen LogP contribution in [0.4, 0.5) is 0 Å². The summed E-state index contributed by atoms with van der Waals surface area (Å²) in [5, 5.41) is 3.33. The monoisotopic (exact) mass is 350 g/mol. The van der Waals surface area contributed by atoms with Gasteiger partial charge in [0, 0.05) is 21.7 Å². The van der Waals surface area contributed by atoms with Crippen molar-refractivity contribution in [1.82, 2.24) is 9.97 Å². The summed E-state index contributed by atoms with van der Waals surface area (Å²) in [4.78, 5) is 9.76. The molecule has 0 saturated heterocycles. The van der Waals surface area contributed by atoms with Gasteiger partial charge in [-0.15, -0.1) is 0 Å². The number of benzene rings is 3. The predicted molar refractivity (Wildman–Crippen MR) is 111 cm³/mol. The van der Waals surface area contributed by atoms with Gasteiger partial charge < -0.3 is 4.74 Å². The molecule has 5 aromatic rings. The fourth-order valence-corrected chi connectivity index (χ4v) is 3.70. The van der Waals surface area contributed by atoms with E-state index in [2.05, 4.69) is 49.4 Å². The highest BCUT2D eigenvalue weighted by atomic mass is 16.5. The number of hydrogen-bond donors (Lipinski definition) is 0. The molecular weight excluding hydrogens is 332 g/mol. The summed E-state index contributed by atoms with van der Waals surface area (Å²) in [5.74, 6) is 0.848. The topological polar surface area (TPSA) is 35.0 Å². The molecule has 0 aliphatic heterocycles. The van der Waals surface area contributed by atoms with Crippen LogP contribution in [0.1, 0.15) is 5.56 Å². The predicted octanol–water partition coefficient (Wildman–Crippen LogP) is 5.92. The molecule has 3 aromatic carbocycles. The smallest absolute Gasteiger partial charge is 0.161 e. The van der Waals surface area contributed by atoms with Gasteiger partial charge in [-0.3, -0.25) is 0 Å². The number of pyridine rings is 2. The third-order valence-electron chi connectivity index (χ3n) is 5.08. The first-order chi connectivity index (χ1) is 13.2. The highest BCUT2D eigenvalue weighted by molar-refractivity contribution is 6.11. The van der Waals surface area contributed by atoms with E-state index in [0.29, 0.717) is 0 Å². The van der Waals surface area contributed by atoms with Gasteiger partial charge in [-0.25, -0.2) is 9.97 Å². The van der Waals surface area contributed by atoms with Crippen LogP contribution in [0.5, 0.6) is 5.75 Å². The zero-order chi connectivity index (χ0) is 18.4. The molecule has 27 heavy (non-hydrogen) atoms. The zero-order valence-corrected chi connectivity index (χ0v) is 15.2. The maximum atomic E-state index is 5.33. The minimum atomic E-state index is 0.779. The molecule has 0 N–H and O–H groups in total. The second-order valence-electron chi connectivity index (χ2n) is 6.74. The van der Waals surface area contributed by atoms with Crippen molar-refractivity contribution >= 4 is 32.8 Å². The number of ether oxygens (including phenoxy) is 1. The number of methoxy groups -OCH3 is 1. The standard InChI is InChI=1S/C24H18N2O/c1-15-6-5-8-19-22(16-10-12-18(27-2)13-11-16)20-14-17-7-3-4-9-21(17)25-24(20)26-23(15)19/h3-14H,1-2H3. The molecule has 0 radical (unpaired) electrons. The lowest BCUT2D eigenvalue weighted by Crippen LogP contribution is -1.94. The lowest BCUT2D eigenvalue weighted by Gasteiger charge is -2.13. The summed E-state index contributed by atoms with van der Waals surface area (Å²) in [5.41, 5.74) is 6.20. The van der Waals surface area contributed by atoms with Gasteiger partial charge in [0.2, 0.25) is 0 Å². The molecule has 0 aliphatic rings. The minimum absolute atomic E-state index is 0.779. The van der Waals surface area contributed by atoms with E-state index in [1.165, 1.54) is 5.56 Å². The van der Waals surface area contributed by atoms with E-state index >= 15 is 0 Å². The van der Waals surface area contributed by atoms with Gasteiger partial charge in [0.1, 0.15) is 5.75 Å². The first-order valence-electron chi connectivity index (χ1n) is 8.98. The molecular formula is C24H18N2O. The molecule has 0 atom stereocenters. The van der Waals surface area contributed by atoms with Gasteiger partial charge in [-0.05, 0) is 42.3 Å². The quantitative estimate of drug-likeness (QED) is 0.371. The molecule has 2 aromatic heterocycles. The van der Waals surface area contributed by atoms with E-state index < -0.39 is 0 Å². The molecule has 0 amide bonds. The van der Waals surface area contributed by atoms with Gasteiger partial charge in [-0.2, -0.15) is 0 Å². The Labute approximate surface area is 157 Å². The van der Waals surface area contributed by atoms with Gasteiger partial charge in [0.05, 0.1) is 18.1 Å². The number of rotatable bonds is 2. The maximum absolute atomic E-state index is 5.33. The fourth-order valence-electron chi connectivity index (χ4n) is 3.70. The van der Waals surface area contributed by atoms with E-state index in [9.17, 15) is 0 Å². The van der Waals surface area contributed by atoms with Crippen molar-refractivity contribution in [1.29, 1.82) is 0 Å². The van der Waals surface area contributed by atoms with Gasteiger partial charge in [-0.1, -0.05) is 48.5 Å². The molecule has 0 spiro atoms. The first kappa shape index (κ1) is 15.8. The number of nitrogens with zero attached hydrogens (tertiary/aromatic N) is 2. The van der Waals surface area contributed by atoms with Crippen LogP contribution in [0.15, 0.2) is 72.8 Å². The summed E-state index contributed by atoms with van der Waals surface area (Å²) in [6.45, 7) is 2.10. The molecule has 5 rings (SSSR count). The number of para-hydroxylation sites is 2. The Morgan fingerprint density at radius 2 is 1.59 bits per heavy atom. The van der Waals surface area contributed by atoms with Crippen molar-refractivity contribution in [2.75, 3.05) is 7.11 Å². The average molecular weight is 350 g/mol. The Bertz CT molecular complexity index is 1310. The van der Waals surface area contributed by atoms with Crippen LogP contribution < -0.4 is 4.74 Å². The van der Waals surface area contributed by atoms with E-state index in [4.69, 9.17) is 14.7 Å². The zero-order valence-electron chi connectivity index (χ0n) is 15.2. The van der Waals surface area contributed by atoms with Crippen LogP contribution in [0.25, 0.3) is 44.0 Å². The van der Waals surface area contributed by atoms with Gasteiger partial charge in [0.15, 0.2) is 5.65 Å². The molecule has 130 valence electrons. The SMILES string of the molecule is COc1ccc(-c2c3cc4ccccc4nc3nc3c(C)cccc23)cc1. The van der Waals surface area contributed by atoms with Gasteiger partial charge in [0.25, 0.3) is 0 Å². The van der Waals surface area contributed by atoms with Crippen molar-refractivity contribution < 1.29 is 4.74 Å². The Kier molecular flexibility index (Phi) is 3.54. The number of aryl methyl sites for hydroxylation is 1. The summed E-state index contributed by atoms with van der Waals surface area (Å²) in [7, 11) is 1.69. The molecule has 3 heteroatoms. The van der Waals surface area contributed by atoms with Crippen LogP contribution in [-0.4, -0.2) is 17.1 Å². The first-order valence-corrected chi connectivity index (χ1v) is 8.98. The van der Waals surface area contributed by atoms with Crippen LogP contribution >= 0.6 is 0 Å². The second-order valence-corrected chi connectivity index (χ2v) is 6.74. The van der Waals surface area contributed by atoms with Gasteiger partial charge >= 0.3 is 0 Å². The molecule has 3 nitrogen and oxygen atoms in total. The number of hydrogen-bond acceptors (Lipinski definition) is 3. The molecule has 0 unspecified atom stereocenters.